The van der Waals surface area contributed by atoms with Crippen LogP contribution in [0.3, 0.4) is 0 Å². The van der Waals surface area contributed by atoms with Gasteiger partial charge in [0, 0.05) is 5.92 Å². The summed E-state index contributed by atoms with van der Waals surface area (Å²) in [5.74, 6) is -4.00. The maximum atomic E-state index is 13.1. The minimum atomic E-state index is -1.87. The summed E-state index contributed by atoms with van der Waals surface area (Å²) in [7, 11) is 0. The number of esters is 1. The standard InChI is InChI=1S/C22H24FNO7/c1-3-9-29-19(25)17-15-11-16(31-12-13-5-7-14(23)8-6-13)22(18(15)17,20(26)27)24-21(28)30-10-4-2/h3-8,15-18H,1-2,9-12H2,(H,24,28)(H,26,27)/t15-,16+,17-,18-,22-/m0/s1. The molecule has 2 N–H and O–H groups in total. The molecule has 0 unspecified atom stereocenters. The van der Waals surface area contributed by atoms with Crippen molar-refractivity contribution in [2.45, 2.75) is 24.7 Å². The SMILES string of the molecule is C=CCOC(=O)N[C@]1(C(=O)O)[C@H]2[C@@H](C[C@H]1OCc1ccc(F)cc1)[C@@H]2C(=O)OCC=C. The van der Waals surface area contributed by atoms with Crippen LogP contribution in [0.4, 0.5) is 9.18 Å². The van der Waals surface area contributed by atoms with Crippen molar-refractivity contribution in [3.05, 3.63) is 61.0 Å². The molecular formula is C22H24FNO7. The van der Waals surface area contributed by atoms with E-state index >= 15 is 0 Å². The minimum Gasteiger partial charge on any atom is -0.479 e. The molecule has 2 fully saturated rings. The fraction of sp³-hybridized carbons (Fsp3) is 0.409. The van der Waals surface area contributed by atoms with Crippen LogP contribution in [0.25, 0.3) is 0 Å². The molecule has 0 bridgehead atoms. The Hall–Kier alpha value is -3.20. The van der Waals surface area contributed by atoms with E-state index in [1.54, 1.807) is 0 Å². The molecule has 9 heteroatoms. The van der Waals surface area contributed by atoms with E-state index in [1.165, 1.54) is 36.4 Å². The molecule has 2 aliphatic carbocycles. The first kappa shape index (κ1) is 22.5. The van der Waals surface area contributed by atoms with Crippen molar-refractivity contribution in [2.24, 2.45) is 17.8 Å². The van der Waals surface area contributed by atoms with Crippen molar-refractivity contribution in [3.63, 3.8) is 0 Å². The van der Waals surface area contributed by atoms with E-state index in [4.69, 9.17) is 14.2 Å². The third-order valence-corrected chi connectivity index (χ3v) is 5.66. The Balaban J connectivity index is 1.81. The lowest BCUT2D eigenvalue weighted by atomic mass is 9.87. The Labute approximate surface area is 178 Å². The van der Waals surface area contributed by atoms with Crippen molar-refractivity contribution in [1.29, 1.82) is 0 Å². The van der Waals surface area contributed by atoms with Gasteiger partial charge in [0.1, 0.15) is 19.0 Å². The predicted octanol–water partition coefficient (Wildman–Crippen LogP) is 2.44. The van der Waals surface area contributed by atoms with Crippen molar-refractivity contribution in [1.82, 2.24) is 5.32 Å². The Morgan fingerprint density at radius 3 is 2.42 bits per heavy atom. The third kappa shape index (κ3) is 4.46. The highest BCUT2D eigenvalue weighted by Gasteiger charge is 2.76. The Kier molecular flexibility index (Phi) is 6.74. The smallest absolute Gasteiger partial charge is 0.408 e. The lowest BCUT2D eigenvalue weighted by molar-refractivity contribution is -0.155. The number of fused-ring (bicyclic) bond motifs is 1. The Morgan fingerprint density at radius 1 is 1.16 bits per heavy atom. The van der Waals surface area contributed by atoms with E-state index < -0.39 is 47.3 Å². The number of carboxylic acids is 1. The number of carbonyl (C=O) groups is 3. The molecular weight excluding hydrogens is 409 g/mol. The molecule has 8 nitrogen and oxygen atoms in total. The van der Waals surface area contributed by atoms with Crippen LogP contribution in [0.5, 0.6) is 0 Å². The molecule has 1 aromatic carbocycles. The zero-order chi connectivity index (χ0) is 22.6. The van der Waals surface area contributed by atoms with Gasteiger partial charge in [0.15, 0.2) is 5.54 Å². The fourth-order valence-corrected chi connectivity index (χ4v) is 4.31. The normalized spacial score (nSPS) is 28.2. The van der Waals surface area contributed by atoms with Crippen LogP contribution < -0.4 is 5.32 Å². The van der Waals surface area contributed by atoms with Crippen molar-refractivity contribution in [2.75, 3.05) is 13.2 Å². The second kappa shape index (κ2) is 9.30. The molecule has 166 valence electrons. The highest BCUT2D eigenvalue weighted by molar-refractivity contribution is 5.90. The zero-order valence-electron chi connectivity index (χ0n) is 16.8. The zero-order valence-corrected chi connectivity index (χ0v) is 16.8. The second-order valence-electron chi connectivity index (χ2n) is 7.48. The van der Waals surface area contributed by atoms with Gasteiger partial charge in [-0.2, -0.15) is 0 Å². The van der Waals surface area contributed by atoms with Gasteiger partial charge >= 0.3 is 18.0 Å². The average molecular weight is 433 g/mol. The maximum absolute atomic E-state index is 13.1. The third-order valence-electron chi connectivity index (χ3n) is 5.66. The van der Waals surface area contributed by atoms with Crippen LogP contribution in [0.2, 0.25) is 0 Å². The average Bonchev–Trinajstić information content (AvgIpc) is 3.38. The molecule has 0 heterocycles. The number of amides is 1. The Bertz CT molecular complexity index is 871. The van der Waals surface area contributed by atoms with Gasteiger partial charge < -0.3 is 24.6 Å². The van der Waals surface area contributed by atoms with Gasteiger partial charge in [-0.3, -0.25) is 4.79 Å². The van der Waals surface area contributed by atoms with Crippen molar-refractivity contribution in [3.8, 4) is 0 Å². The number of halogens is 1. The number of carbonyl (C=O) groups excluding carboxylic acids is 2. The first-order chi connectivity index (χ1) is 14.8. The van der Waals surface area contributed by atoms with E-state index in [1.807, 2.05) is 0 Å². The van der Waals surface area contributed by atoms with E-state index in [0.717, 1.165) is 0 Å². The summed E-state index contributed by atoms with van der Waals surface area (Å²) in [6.45, 7) is 6.84. The molecule has 0 radical (unpaired) electrons. The predicted molar refractivity (Wildman–Crippen MR) is 106 cm³/mol. The number of nitrogens with one attached hydrogen (secondary N) is 1. The summed E-state index contributed by atoms with van der Waals surface area (Å²) in [5, 5.41) is 12.6. The number of hydrogen-bond donors (Lipinski definition) is 2. The summed E-state index contributed by atoms with van der Waals surface area (Å²) in [6.07, 6.45) is 1.11. The molecule has 31 heavy (non-hydrogen) atoms. The van der Waals surface area contributed by atoms with Gasteiger partial charge in [-0.15, -0.1) is 0 Å². The van der Waals surface area contributed by atoms with Gasteiger partial charge in [0.25, 0.3) is 0 Å². The summed E-state index contributed by atoms with van der Waals surface area (Å²) >= 11 is 0. The van der Waals surface area contributed by atoms with Gasteiger partial charge in [0.05, 0.1) is 18.6 Å². The highest BCUT2D eigenvalue weighted by atomic mass is 19.1. The van der Waals surface area contributed by atoms with Crippen LogP contribution >= 0.6 is 0 Å². The minimum absolute atomic E-state index is 0.00808. The number of ether oxygens (including phenoxy) is 3. The lowest BCUT2D eigenvalue weighted by Gasteiger charge is -2.35. The molecule has 3 rings (SSSR count). The molecule has 0 aliphatic heterocycles. The molecule has 1 aromatic rings. The largest absolute Gasteiger partial charge is 0.479 e. The van der Waals surface area contributed by atoms with Gasteiger partial charge in [-0.05, 0) is 30.0 Å². The molecule has 0 saturated heterocycles. The molecule has 0 aromatic heterocycles. The highest BCUT2D eigenvalue weighted by Crippen LogP contribution is 2.63. The van der Waals surface area contributed by atoms with E-state index in [0.29, 0.717) is 5.56 Å². The summed E-state index contributed by atoms with van der Waals surface area (Å²) in [5.41, 5.74) is -1.24. The molecule has 2 saturated carbocycles. The number of carboxylic acid groups (broad SMARTS) is 1. The van der Waals surface area contributed by atoms with Crippen LogP contribution in [0.1, 0.15) is 12.0 Å². The molecule has 2 aliphatic rings. The van der Waals surface area contributed by atoms with Crippen molar-refractivity contribution >= 4 is 18.0 Å². The van der Waals surface area contributed by atoms with E-state index in [9.17, 15) is 23.9 Å². The number of hydrogen-bond acceptors (Lipinski definition) is 6. The summed E-state index contributed by atoms with van der Waals surface area (Å²) in [6, 6.07) is 5.58. The number of alkyl carbamates (subject to hydrolysis) is 1. The second-order valence-corrected chi connectivity index (χ2v) is 7.48. The monoisotopic (exact) mass is 433 g/mol. The summed E-state index contributed by atoms with van der Waals surface area (Å²) in [4.78, 5) is 37.1. The van der Waals surface area contributed by atoms with Crippen molar-refractivity contribution < 1.29 is 38.1 Å². The van der Waals surface area contributed by atoms with Gasteiger partial charge in [0.2, 0.25) is 0 Å². The van der Waals surface area contributed by atoms with Crippen LogP contribution in [0, 0.1) is 23.6 Å². The lowest BCUT2D eigenvalue weighted by Crippen LogP contribution is -2.63. The number of rotatable bonds is 10. The fourth-order valence-electron chi connectivity index (χ4n) is 4.31. The maximum Gasteiger partial charge on any atom is 0.408 e. The number of benzene rings is 1. The van der Waals surface area contributed by atoms with Gasteiger partial charge in [-0.1, -0.05) is 37.4 Å². The molecule has 1 amide bonds. The van der Waals surface area contributed by atoms with Crippen LogP contribution in [-0.4, -0.2) is 48.0 Å². The number of aliphatic carboxylic acids is 1. The van der Waals surface area contributed by atoms with Crippen LogP contribution in [0.15, 0.2) is 49.6 Å². The molecule has 0 spiro atoms. The molecule has 5 atom stereocenters. The summed E-state index contributed by atoms with van der Waals surface area (Å²) < 4.78 is 29.0. The quantitative estimate of drug-likeness (QED) is 0.431. The first-order valence-corrected chi connectivity index (χ1v) is 9.78. The van der Waals surface area contributed by atoms with Gasteiger partial charge in [-0.25, -0.2) is 14.0 Å². The first-order valence-electron chi connectivity index (χ1n) is 9.78. The Morgan fingerprint density at radius 2 is 1.81 bits per heavy atom. The van der Waals surface area contributed by atoms with Crippen LogP contribution in [-0.2, 0) is 30.4 Å². The van der Waals surface area contributed by atoms with E-state index in [-0.39, 0.29) is 32.2 Å². The van der Waals surface area contributed by atoms with E-state index in [2.05, 4.69) is 18.5 Å². The topological polar surface area (TPSA) is 111 Å².